The fourth-order valence-electron chi connectivity index (χ4n) is 2.48. The van der Waals surface area contributed by atoms with Gasteiger partial charge in [-0.2, -0.15) is 0 Å². The van der Waals surface area contributed by atoms with E-state index in [0.29, 0.717) is 18.8 Å². The van der Waals surface area contributed by atoms with Crippen LogP contribution in [0.4, 0.5) is 11.4 Å². The SMILES string of the molecule is CN(C)c1ccc([N+](=O)[O-])cc1C(=O)OCC(=O)NC[C@@H]1CCCO1. The van der Waals surface area contributed by atoms with Crippen LogP contribution in [0, 0.1) is 10.1 Å². The Labute approximate surface area is 145 Å². The second kappa shape index (κ2) is 8.43. The molecule has 0 aliphatic carbocycles. The summed E-state index contributed by atoms with van der Waals surface area (Å²) in [6.45, 7) is 0.604. The van der Waals surface area contributed by atoms with Crippen LogP contribution in [0.2, 0.25) is 0 Å². The molecule has 0 saturated carbocycles. The van der Waals surface area contributed by atoms with Gasteiger partial charge in [-0.1, -0.05) is 0 Å². The van der Waals surface area contributed by atoms with Gasteiger partial charge in [0.15, 0.2) is 6.61 Å². The molecule has 1 aliphatic rings. The first kappa shape index (κ1) is 18.7. The van der Waals surface area contributed by atoms with Crippen molar-refractivity contribution in [3.63, 3.8) is 0 Å². The molecule has 9 heteroatoms. The van der Waals surface area contributed by atoms with Crippen LogP contribution < -0.4 is 10.2 Å². The minimum atomic E-state index is -0.792. The zero-order valence-electron chi connectivity index (χ0n) is 14.2. The number of nitro benzene ring substituents is 1. The van der Waals surface area contributed by atoms with Crippen molar-refractivity contribution in [3.8, 4) is 0 Å². The maximum Gasteiger partial charge on any atom is 0.341 e. The molecule has 0 spiro atoms. The molecule has 0 radical (unpaired) electrons. The van der Waals surface area contributed by atoms with Crippen molar-refractivity contribution in [1.29, 1.82) is 0 Å². The Bertz CT molecular complexity index is 655. The summed E-state index contributed by atoms with van der Waals surface area (Å²) in [6, 6.07) is 3.91. The van der Waals surface area contributed by atoms with Crippen LogP contribution in [-0.2, 0) is 14.3 Å². The van der Waals surface area contributed by atoms with Gasteiger partial charge in [0.05, 0.1) is 22.3 Å². The molecule has 9 nitrogen and oxygen atoms in total. The summed E-state index contributed by atoms with van der Waals surface area (Å²) in [5.41, 5.74) is 0.280. The number of nitrogens with zero attached hydrogens (tertiary/aromatic N) is 2. The van der Waals surface area contributed by atoms with E-state index in [1.54, 1.807) is 19.0 Å². The number of esters is 1. The van der Waals surface area contributed by atoms with Crippen LogP contribution >= 0.6 is 0 Å². The van der Waals surface area contributed by atoms with Crippen molar-refractivity contribution >= 4 is 23.3 Å². The summed E-state index contributed by atoms with van der Waals surface area (Å²) in [5, 5.41) is 13.5. The lowest BCUT2D eigenvalue weighted by molar-refractivity contribution is -0.384. The second-order valence-electron chi connectivity index (χ2n) is 5.87. The first-order valence-corrected chi connectivity index (χ1v) is 7.89. The van der Waals surface area contributed by atoms with Gasteiger partial charge in [0.2, 0.25) is 0 Å². The number of nitrogens with one attached hydrogen (secondary N) is 1. The van der Waals surface area contributed by atoms with Crippen molar-refractivity contribution in [2.75, 3.05) is 38.8 Å². The predicted octanol–water partition coefficient (Wildman–Crippen LogP) is 1.11. The third-order valence-electron chi connectivity index (χ3n) is 3.78. The molecule has 1 amide bonds. The highest BCUT2D eigenvalue weighted by molar-refractivity contribution is 5.97. The van der Waals surface area contributed by atoms with E-state index in [0.717, 1.165) is 18.9 Å². The third kappa shape index (κ3) is 5.15. The molecule has 1 heterocycles. The number of anilines is 1. The van der Waals surface area contributed by atoms with Crippen molar-refractivity contribution in [2.24, 2.45) is 0 Å². The molecule has 1 aromatic carbocycles. The van der Waals surface area contributed by atoms with Gasteiger partial charge >= 0.3 is 5.97 Å². The summed E-state index contributed by atoms with van der Waals surface area (Å²) < 4.78 is 10.4. The van der Waals surface area contributed by atoms with Gasteiger partial charge < -0.3 is 19.7 Å². The molecule has 0 aromatic heterocycles. The van der Waals surface area contributed by atoms with E-state index in [4.69, 9.17) is 9.47 Å². The monoisotopic (exact) mass is 351 g/mol. The molecule has 1 aromatic rings. The zero-order chi connectivity index (χ0) is 18.4. The highest BCUT2D eigenvalue weighted by Crippen LogP contribution is 2.24. The molecule has 1 atom stereocenters. The van der Waals surface area contributed by atoms with E-state index < -0.39 is 23.4 Å². The summed E-state index contributed by atoms with van der Waals surface area (Å²) in [4.78, 5) is 35.9. The van der Waals surface area contributed by atoms with E-state index in [1.165, 1.54) is 12.1 Å². The van der Waals surface area contributed by atoms with Crippen molar-refractivity contribution in [2.45, 2.75) is 18.9 Å². The second-order valence-corrected chi connectivity index (χ2v) is 5.87. The number of amides is 1. The van der Waals surface area contributed by atoms with Crippen molar-refractivity contribution in [1.82, 2.24) is 5.32 Å². The number of non-ortho nitro benzene ring substituents is 1. The minimum Gasteiger partial charge on any atom is -0.452 e. The molecule has 25 heavy (non-hydrogen) atoms. The third-order valence-corrected chi connectivity index (χ3v) is 3.78. The zero-order valence-corrected chi connectivity index (χ0v) is 14.2. The van der Waals surface area contributed by atoms with Crippen LogP contribution in [0.5, 0.6) is 0 Å². The number of carbonyl (C=O) groups is 2. The molecular formula is C16H21N3O6. The molecular weight excluding hydrogens is 330 g/mol. The Balaban J connectivity index is 1.95. The molecule has 136 valence electrons. The highest BCUT2D eigenvalue weighted by Gasteiger charge is 2.21. The molecule has 0 bridgehead atoms. The van der Waals surface area contributed by atoms with Crippen LogP contribution in [0.15, 0.2) is 18.2 Å². The lowest BCUT2D eigenvalue weighted by Crippen LogP contribution is -2.34. The quantitative estimate of drug-likeness (QED) is 0.445. The Morgan fingerprint density at radius 1 is 1.44 bits per heavy atom. The minimum absolute atomic E-state index is 0.00299. The van der Waals surface area contributed by atoms with Gasteiger partial charge in [-0.15, -0.1) is 0 Å². The number of hydrogen-bond donors (Lipinski definition) is 1. The number of ether oxygens (including phenoxy) is 2. The van der Waals surface area contributed by atoms with Crippen molar-refractivity contribution in [3.05, 3.63) is 33.9 Å². The number of rotatable bonds is 7. The van der Waals surface area contributed by atoms with Gasteiger partial charge in [-0.3, -0.25) is 14.9 Å². The number of carbonyl (C=O) groups excluding carboxylic acids is 2. The fourth-order valence-corrected chi connectivity index (χ4v) is 2.48. The largest absolute Gasteiger partial charge is 0.452 e. The van der Waals surface area contributed by atoms with Crippen LogP contribution in [0.1, 0.15) is 23.2 Å². The normalized spacial score (nSPS) is 16.3. The molecule has 1 fully saturated rings. The van der Waals surface area contributed by atoms with Gasteiger partial charge in [0.25, 0.3) is 11.6 Å². The lowest BCUT2D eigenvalue weighted by Gasteiger charge is -2.16. The predicted molar refractivity (Wildman–Crippen MR) is 89.7 cm³/mol. The highest BCUT2D eigenvalue weighted by atomic mass is 16.6. The fraction of sp³-hybridized carbons (Fsp3) is 0.500. The summed E-state index contributed by atoms with van der Waals surface area (Å²) in [7, 11) is 3.40. The Morgan fingerprint density at radius 3 is 2.80 bits per heavy atom. The smallest absolute Gasteiger partial charge is 0.341 e. The van der Waals surface area contributed by atoms with Crippen LogP contribution in [0.3, 0.4) is 0 Å². The van der Waals surface area contributed by atoms with Gasteiger partial charge in [0.1, 0.15) is 0 Å². The van der Waals surface area contributed by atoms with E-state index in [9.17, 15) is 19.7 Å². The molecule has 1 N–H and O–H groups in total. The number of benzene rings is 1. The van der Waals surface area contributed by atoms with Crippen LogP contribution in [0.25, 0.3) is 0 Å². The van der Waals surface area contributed by atoms with Crippen molar-refractivity contribution < 1.29 is 24.0 Å². The van der Waals surface area contributed by atoms with Gasteiger partial charge in [-0.05, 0) is 18.9 Å². The average Bonchev–Trinajstić information content (AvgIpc) is 3.10. The Hall–Kier alpha value is -2.68. The van der Waals surface area contributed by atoms with E-state index >= 15 is 0 Å². The summed E-state index contributed by atoms with van der Waals surface area (Å²) in [5.74, 6) is -1.24. The first-order valence-electron chi connectivity index (χ1n) is 7.89. The maximum atomic E-state index is 12.2. The first-order chi connectivity index (χ1) is 11.9. The topological polar surface area (TPSA) is 111 Å². The number of nitro groups is 1. The van der Waals surface area contributed by atoms with Crippen LogP contribution in [-0.4, -0.2) is 56.8 Å². The molecule has 1 aliphatic heterocycles. The van der Waals surface area contributed by atoms with E-state index in [1.807, 2.05) is 0 Å². The van der Waals surface area contributed by atoms with E-state index in [-0.39, 0.29) is 17.4 Å². The molecule has 1 saturated heterocycles. The number of hydrogen-bond acceptors (Lipinski definition) is 7. The molecule has 2 rings (SSSR count). The van der Waals surface area contributed by atoms with Gasteiger partial charge in [0, 0.05) is 39.4 Å². The Morgan fingerprint density at radius 2 is 2.20 bits per heavy atom. The van der Waals surface area contributed by atoms with Gasteiger partial charge in [-0.25, -0.2) is 4.79 Å². The lowest BCUT2D eigenvalue weighted by atomic mass is 10.1. The summed E-state index contributed by atoms with van der Waals surface area (Å²) in [6.07, 6.45) is 1.85. The average molecular weight is 351 g/mol. The maximum absolute atomic E-state index is 12.2. The molecule has 0 unspecified atom stereocenters. The van der Waals surface area contributed by atoms with E-state index in [2.05, 4.69) is 5.32 Å². The Kier molecular flexibility index (Phi) is 6.29. The standard InChI is InChI=1S/C16H21N3O6/c1-18(2)14-6-5-11(19(22)23)8-13(14)16(21)25-10-15(20)17-9-12-4-3-7-24-12/h5-6,8,12H,3-4,7,9-10H2,1-2H3,(H,17,20)/t12-/m0/s1. The summed E-state index contributed by atoms with van der Waals surface area (Å²) >= 11 is 0.